The molecule has 0 fully saturated rings. The maximum absolute atomic E-state index is 12.9. The molecular weight excluding hydrogens is 605 g/mol. The number of ether oxygens (including phenoxy) is 4. The van der Waals surface area contributed by atoms with E-state index in [1.807, 2.05) is 48.5 Å². The van der Waals surface area contributed by atoms with Crippen molar-refractivity contribution in [2.75, 3.05) is 40.1 Å². The Bertz CT molecular complexity index is 1000. The molecule has 0 spiro atoms. The van der Waals surface area contributed by atoms with Crippen molar-refractivity contribution in [2.45, 2.75) is 127 Å². The molecule has 0 aromatic carbocycles. The lowest BCUT2D eigenvalue weighted by Crippen LogP contribution is -2.46. The second-order valence-corrected chi connectivity index (χ2v) is 17.1. The lowest BCUT2D eigenvalue weighted by atomic mass is 9.76. The zero-order valence-corrected chi connectivity index (χ0v) is 31.2. The topological polar surface area (TPSA) is 156 Å². The first-order chi connectivity index (χ1) is 20.1. The summed E-state index contributed by atoms with van der Waals surface area (Å²) < 4.78 is 45.2. The summed E-state index contributed by atoms with van der Waals surface area (Å²) in [5, 5.41) is 2.61. The lowest BCUT2D eigenvalue weighted by molar-refractivity contribution is -0.164. The molecule has 0 aliphatic carbocycles. The number of rotatable bonds is 21. The normalized spacial score (nSPS) is 15.4. The summed E-state index contributed by atoms with van der Waals surface area (Å²) in [6.07, 6.45) is 0.382. The molecule has 0 aromatic rings. The number of carbonyl (C=O) groups excluding carboxylic acids is 3. The van der Waals surface area contributed by atoms with Gasteiger partial charge in [0.2, 0.25) is 0 Å². The fraction of sp³-hybridized carbons (Fsp3) is 0.906. The third kappa shape index (κ3) is 18.4. The summed E-state index contributed by atoms with van der Waals surface area (Å²) in [5.74, 6) is -1.24. The molecule has 0 rings (SSSR count). The maximum atomic E-state index is 12.9. The molecule has 0 saturated carbocycles. The number of carbonyl (C=O) groups is 3. The Morgan fingerprint density at radius 2 is 1.33 bits per heavy atom. The van der Waals surface area contributed by atoms with E-state index in [0.717, 1.165) is 0 Å². The predicted octanol–water partition coefficient (Wildman–Crippen LogP) is 5.84. The van der Waals surface area contributed by atoms with E-state index in [1.165, 1.54) is 0 Å². The molecule has 1 amide bonds. The highest BCUT2D eigenvalue weighted by Gasteiger charge is 2.37. The van der Waals surface area contributed by atoms with Crippen LogP contribution in [0.1, 0.15) is 109 Å². The van der Waals surface area contributed by atoms with Crippen LogP contribution in [-0.4, -0.2) is 80.1 Å². The summed E-state index contributed by atoms with van der Waals surface area (Å²) in [6, 6.07) is 0. The van der Waals surface area contributed by atoms with Gasteiger partial charge in [0.1, 0.15) is 24.9 Å². The molecule has 2 unspecified atom stereocenters. The molecule has 0 aliphatic heterocycles. The zero-order chi connectivity index (χ0) is 35.5. The van der Waals surface area contributed by atoms with Gasteiger partial charge in [0.15, 0.2) is 0 Å². The van der Waals surface area contributed by atoms with Crippen molar-refractivity contribution in [3.05, 3.63) is 0 Å². The first-order valence-electron chi connectivity index (χ1n) is 15.6. The molecule has 0 heterocycles. The maximum Gasteiger partial charge on any atom is 0.472 e. The van der Waals surface area contributed by atoms with Crippen LogP contribution in [-0.2, 0) is 46.9 Å². The number of methoxy groups -OCH3 is 1. The Balaban J connectivity index is 5.31. The summed E-state index contributed by atoms with van der Waals surface area (Å²) in [4.78, 5) is 48.8. The highest BCUT2D eigenvalue weighted by Crippen LogP contribution is 2.44. The van der Waals surface area contributed by atoms with E-state index >= 15 is 0 Å². The fourth-order valence-corrected chi connectivity index (χ4v) is 5.70. The molecule has 45 heavy (non-hydrogen) atoms. The number of phosphoric ester groups is 1. The Labute approximate surface area is 271 Å². The van der Waals surface area contributed by atoms with Crippen LogP contribution in [0.15, 0.2) is 0 Å². The predicted molar refractivity (Wildman–Crippen MR) is 172 cm³/mol. The van der Waals surface area contributed by atoms with Gasteiger partial charge in [-0.05, 0) is 86.0 Å². The Hall–Kier alpha value is -1.56. The molecule has 2 atom stereocenters. The van der Waals surface area contributed by atoms with Crippen LogP contribution in [0.25, 0.3) is 0 Å². The number of phosphoric acid groups is 1. The van der Waals surface area contributed by atoms with Gasteiger partial charge >= 0.3 is 19.8 Å². The van der Waals surface area contributed by atoms with Crippen molar-refractivity contribution in [3.63, 3.8) is 0 Å². The van der Waals surface area contributed by atoms with Gasteiger partial charge in [-0.15, -0.1) is 0 Å². The van der Waals surface area contributed by atoms with Gasteiger partial charge < -0.3 is 29.2 Å². The number of hydrogen-bond donors (Lipinski definition) is 2. The van der Waals surface area contributed by atoms with Crippen LogP contribution in [0.3, 0.4) is 0 Å². The number of hydrogen-bond acceptors (Lipinski definition) is 10. The molecule has 0 saturated heterocycles. The van der Waals surface area contributed by atoms with Crippen LogP contribution in [0.4, 0.5) is 0 Å². The third-order valence-corrected chi connectivity index (χ3v) is 8.06. The van der Waals surface area contributed by atoms with Gasteiger partial charge in [0.25, 0.3) is 5.91 Å². The van der Waals surface area contributed by atoms with Crippen LogP contribution < -0.4 is 5.32 Å². The van der Waals surface area contributed by atoms with Gasteiger partial charge in [-0.1, -0.05) is 34.6 Å². The first-order valence-corrected chi connectivity index (χ1v) is 17.1. The summed E-state index contributed by atoms with van der Waals surface area (Å²) >= 11 is 0. The highest BCUT2D eigenvalue weighted by atomic mass is 31.2. The van der Waals surface area contributed by atoms with Crippen molar-refractivity contribution >= 4 is 25.7 Å². The van der Waals surface area contributed by atoms with Gasteiger partial charge in [-0.25, -0.2) is 4.57 Å². The molecule has 0 aliphatic rings. The van der Waals surface area contributed by atoms with Crippen LogP contribution >= 0.6 is 7.82 Å². The minimum Gasteiger partial charge on any atom is -0.462 e. The average Bonchev–Trinajstić information content (AvgIpc) is 2.85. The van der Waals surface area contributed by atoms with Gasteiger partial charge in [0, 0.05) is 13.7 Å². The van der Waals surface area contributed by atoms with Crippen molar-refractivity contribution in [3.8, 4) is 0 Å². The molecule has 12 nitrogen and oxygen atoms in total. The fourth-order valence-electron chi connectivity index (χ4n) is 4.82. The second-order valence-electron chi connectivity index (χ2n) is 15.7. The number of nitrogens with one attached hydrogen (secondary N) is 1. The minimum absolute atomic E-state index is 0.109. The van der Waals surface area contributed by atoms with Crippen LogP contribution in [0.5, 0.6) is 0 Å². The van der Waals surface area contributed by atoms with Crippen LogP contribution in [0.2, 0.25) is 0 Å². The van der Waals surface area contributed by atoms with Gasteiger partial charge in [-0.3, -0.25) is 23.4 Å². The largest absolute Gasteiger partial charge is 0.472 e. The van der Waals surface area contributed by atoms with E-state index in [0.29, 0.717) is 19.3 Å². The lowest BCUT2D eigenvalue weighted by Gasteiger charge is -2.31. The van der Waals surface area contributed by atoms with Crippen LogP contribution in [0, 0.1) is 22.2 Å². The first kappa shape index (κ1) is 43.4. The van der Waals surface area contributed by atoms with Gasteiger partial charge in [-0.2, -0.15) is 0 Å². The smallest absolute Gasteiger partial charge is 0.462 e. The van der Waals surface area contributed by atoms with E-state index in [2.05, 4.69) is 5.32 Å². The van der Waals surface area contributed by atoms with Gasteiger partial charge in [0.05, 0.1) is 29.6 Å². The van der Waals surface area contributed by atoms with E-state index < -0.39 is 67.0 Å². The summed E-state index contributed by atoms with van der Waals surface area (Å²) in [7, 11) is -3.12. The van der Waals surface area contributed by atoms with E-state index in [1.54, 1.807) is 48.7 Å². The van der Waals surface area contributed by atoms with E-state index in [-0.39, 0.29) is 31.1 Å². The van der Waals surface area contributed by atoms with E-state index in [9.17, 15) is 23.8 Å². The Morgan fingerprint density at radius 3 is 1.80 bits per heavy atom. The second kappa shape index (κ2) is 17.6. The number of esters is 2. The SMILES string of the molecule is COC(C)(C)CCOC(C)(C)C(=O)NCCOP(=O)(O)OC(COC(=O)C(C)(C)CC(C)C)COC(=O)C(C)(C)CC(C)(C)C. The minimum atomic E-state index is -4.73. The molecule has 0 bridgehead atoms. The highest BCUT2D eigenvalue weighted by molar-refractivity contribution is 7.47. The zero-order valence-electron chi connectivity index (χ0n) is 30.3. The van der Waals surface area contributed by atoms with Crippen molar-refractivity contribution in [1.29, 1.82) is 0 Å². The molecule has 13 heteroatoms. The van der Waals surface area contributed by atoms with Crippen molar-refractivity contribution < 1.29 is 51.8 Å². The quantitative estimate of drug-likeness (QED) is 0.0862. The average molecular weight is 668 g/mol. The van der Waals surface area contributed by atoms with Crippen molar-refractivity contribution in [2.24, 2.45) is 22.2 Å². The Kier molecular flexibility index (Phi) is 16.9. The molecule has 2 N–H and O–H groups in total. The Morgan fingerprint density at radius 1 is 0.822 bits per heavy atom. The molecular formula is C32H62NO11P. The summed E-state index contributed by atoms with van der Waals surface area (Å²) in [5.41, 5.74) is -3.36. The molecule has 0 aromatic heterocycles. The molecule has 266 valence electrons. The van der Waals surface area contributed by atoms with Crippen molar-refractivity contribution in [1.82, 2.24) is 5.32 Å². The van der Waals surface area contributed by atoms with E-state index in [4.69, 9.17) is 28.0 Å². The standard InChI is InChI=1S/C32H62NO11P/c1-23(2)19-29(6,7)26(35)40-20-24(21-41-27(36)30(8,9)22-28(3,4)5)44-45(37,38)43-18-16-33-25(34)32(12,13)42-17-15-31(10,11)39-14/h23-24H,15-22H2,1-14H3,(H,33,34)(H,37,38). The molecule has 0 radical (unpaired) electrons. The summed E-state index contributed by atoms with van der Waals surface area (Å²) in [6.45, 7) is 23.0. The third-order valence-electron chi connectivity index (χ3n) is 6.99. The monoisotopic (exact) mass is 667 g/mol. The number of amides is 1.